The van der Waals surface area contributed by atoms with Gasteiger partial charge in [-0.1, -0.05) is 0 Å². The molecule has 0 aliphatic carbocycles. The molecule has 18 heavy (non-hydrogen) atoms. The molecule has 0 aromatic heterocycles. The molecule has 0 radical (unpaired) electrons. The molecule has 1 fully saturated rings. The van der Waals surface area contributed by atoms with Crippen LogP contribution >= 0.6 is 0 Å². The summed E-state index contributed by atoms with van der Waals surface area (Å²) >= 11 is 0. The molecule has 0 aromatic carbocycles. The number of hydrogen-bond donors (Lipinski definition) is 0. The minimum Gasteiger partial charge on any atom is -0.454 e. The Morgan fingerprint density at radius 3 is 2.06 bits per heavy atom. The van der Waals surface area contributed by atoms with Gasteiger partial charge in [-0.25, -0.2) is 4.79 Å². The Morgan fingerprint density at radius 2 is 1.61 bits per heavy atom. The van der Waals surface area contributed by atoms with Crippen LogP contribution in [0.15, 0.2) is 0 Å². The second-order valence-electron chi connectivity index (χ2n) is 3.56. The van der Waals surface area contributed by atoms with Crippen molar-refractivity contribution in [2.75, 3.05) is 13.1 Å². The van der Waals surface area contributed by atoms with Crippen LogP contribution in [-0.4, -0.2) is 48.3 Å². The molecule has 1 aliphatic rings. The first-order chi connectivity index (χ1) is 8.01. The van der Waals surface area contributed by atoms with Crippen LogP contribution in [0.3, 0.4) is 0 Å². The summed E-state index contributed by atoms with van der Waals surface area (Å²) < 4.78 is 75.4. The Bertz CT molecular complexity index is 350. The number of alkyl halides is 6. The van der Waals surface area contributed by atoms with Crippen molar-refractivity contribution in [3.8, 4) is 0 Å². The first-order valence-corrected chi connectivity index (χ1v) is 4.65. The van der Waals surface area contributed by atoms with Crippen LogP contribution in [0, 0.1) is 0 Å². The SMILES string of the molecule is O=C(O[C@H]1CCN(C(=O)C(F)(F)F)C1)C(F)(F)F. The molecular formula is C8H7F6NO3. The Labute approximate surface area is 96.5 Å². The third-order valence-electron chi connectivity index (χ3n) is 2.18. The molecule has 0 spiro atoms. The van der Waals surface area contributed by atoms with Crippen molar-refractivity contribution in [3.05, 3.63) is 0 Å². The maximum absolute atomic E-state index is 12.0. The highest BCUT2D eigenvalue weighted by Gasteiger charge is 2.47. The van der Waals surface area contributed by atoms with Crippen molar-refractivity contribution < 1.29 is 40.7 Å². The molecule has 1 amide bonds. The summed E-state index contributed by atoms with van der Waals surface area (Å²) in [7, 11) is 0. The van der Waals surface area contributed by atoms with E-state index in [0.717, 1.165) is 0 Å². The first-order valence-electron chi connectivity index (χ1n) is 4.65. The van der Waals surface area contributed by atoms with Gasteiger partial charge in [0, 0.05) is 13.0 Å². The van der Waals surface area contributed by atoms with Gasteiger partial charge in [0.15, 0.2) is 0 Å². The third-order valence-corrected chi connectivity index (χ3v) is 2.18. The van der Waals surface area contributed by atoms with Crippen molar-refractivity contribution >= 4 is 11.9 Å². The maximum atomic E-state index is 12.0. The molecule has 4 nitrogen and oxygen atoms in total. The molecule has 1 atom stereocenters. The van der Waals surface area contributed by atoms with Gasteiger partial charge in [-0.2, -0.15) is 26.3 Å². The number of ether oxygens (including phenoxy) is 1. The summed E-state index contributed by atoms with van der Waals surface area (Å²) in [6.07, 6.45) is -11.9. The van der Waals surface area contributed by atoms with Gasteiger partial charge in [-0.15, -0.1) is 0 Å². The summed E-state index contributed by atoms with van der Waals surface area (Å²) in [6.45, 7) is -1.10. The fourth-order valence-electron chi connectivity index (χ4n) is 1.41. The lowest BCUT2D eigenvalue weighted by atomic mass is 10.3. The molecule has 104 valence electrons. The highest BCUT2D eigenvalue weighted by Crippen LogP contribution is 2.24. The van der Waals surface area contributed by atoms with Crippen LogP contribution in [0.5, 0.6) is 0 Å². The minimum atomic E-state index is -5.21. The topological polar surface area (TPSA) is 46.6 Å². The highest BCUT2D eigenvalue weighted by atomic mass is 19.4. The van der Waals surface area contributed by atoms with Crippen LogP contribution in [0.25, 0.3) is 0 Å². The average molecular weight is 279 g/mol. The van der Waals surface area contributed by atoms with Gasteiger partial charge >= 0.3 is 24.2 Å². The monoisotopic (exact) mass is 279 g/mol. The molecule has 0 unspecified atom stereocenters. The zero-order chi connectivity index (χ0) is 14.1. The fourth-order valence-corrected chi connectivity index (χ4v) is 1.41. The predicted molar refractivity (Wildman–Crippen MR) is 43.2 cm³/mol. The minimum absolute atomic E-state index is 0.260. The van der Waals surface area contributed by atoms with Gasteiger partial charge in [0.2, 0.25) is 0 Å². The number of carbonyl (C=O) groups excluding carboxylic acids is 2. The van der Waals surface area contributed by atoms with Gasteiger partial charge in [0.05, 0.1) is 6.54 Å². The van der Waals surface area contributed by atoms with Crippen molar-refractivity contribution in [2.24, 2.45) is 0 Å². The lowest BCUT2D eigenvalue weighted by Gasteiger charge is -2.18. The molecule has 0 bridgehead atoms. The molecule has 1 saturated heterocycles. The Morgan fingerprint density at radius 1 is 1.06 bits per heavy atom. The molecule has 0 N–H and O–H groups in total. The summed E-state index contributed by atoms with van der Waals surface area (Å²) in [5, 5.41) is 0. The Kier molecular flexibility index (Phi) is 3.77. The maximum Gasteiger partial charge on any atom is 0.490 e. The number of esters is 1. The van der Waals surface area contributed by atoms with Crippen LogP contribution in [-0.2, 0) is 14.3 Å². The molecule has 0 aromatic rings. The third kappa shape index (κ3) is 3.50. The number of amides is 1. The van der Waals surface area contributed by atoms with E-state index in [9.17, 15) is 35.9 Å². The van der Waals surface area contributed by atoms with Gasteiger partial charge in [-0.05, 0) is 0 Å². The van der Waals surface area contributed by atoms with E-state index >= 15 is 0 Å². The van der Waals surface area contributed by atoms with Crippen molar-refractivity contribution in [2.45, 2.75) is 24.9 Å². The van der Waals surface area contributed by atoms with E-state index in [0.29, 0.717) is 4.90 Å². The van der Waals surface area contributed by atoms with Gasteiger partial charge in [-0.3, -0.25) is 4.79 Å². The number of likely N-dealkylation sites (tertiary alicyclic amines) is 1. The number of nitrogens with zero attached hydrogens (tertiary/aromatic N) is 1. The molecule has 0 saturated carbocycles. The largest absolute Gasteiger partial charge is 0.490 e. The highest BCUT2D eigenvalue weighted by molar-refractivity contribution is 5.82. The van der Waals surface area contributed by atoms with Gasteiger partial charge in [0.25, 0.3) is 0 Å². The Balaban J connectivity index is 2.53. The Hall–Kier alpha value is -1.48. The first kappa shape index (κ1) is 14.6. The summed E-state index contributed by atoms with van der Waals surface area (Å²) in [4.78, 5) is 21.5. The molecule has 1 heterocycles. The lowest BCUT2D eigenvalue weighted by molar-refractivity contribution is -0.204. The van der Waals surface area contributed by atoms with E-state index in [1.165, 1.54) is 0 Å². The van der Waals surface area contributed by atoms with Crippen molar-refractivity contribution in [1.82, 2.24) is 4.90 Å². The smallest absolute Gasteiger partial charge is 0.454 e. The number of carbonyl (C=O) groups is 2. The normalized spacial score (nSPS) is 21.0. The van der Waals surface area contributed by atoms with Crippen LogP contribution in [0.1, 0.15) is 6.42 Å². The van der Waals surface area contributed by atoms with E-state index in [-0.39, 0.29) is 6.42 Å². The molecule has 10 heteroatoms. The number of halogens is 6. The van der Waals surface area contributed by atoms with E-state index in [1.807, 2.05) is 0 Å². The average Bonchev–Trinajstić information content (AvgIpc) is 2.62. The standard InChI is InChI=1S/C8H7F6NO3/c9-7(10,11)5(16)15-2-1-4(3-15)18-6(17)8(12,13)14/h4H,1-3H2/t4-/m0/s1. The van der Waals surface area contributed by atoms with E-state index in [2.05, 4.69) is 4.74 Å². The summed E-state index contributed by atoms with van der Waals surface area (Å²) in [5.41, 5.74) is 0. The van der Waals surface area contributed by atoms with Crippen LogP contribution in [0.2, 0.25) is 0 Å². The van der Waals surface area contributed by atoms with E-state index in [1.54, 1.807) is 0 Å². The zero-order valence-electron chi connectivity index (χ0n) is 8.64. The van der Waals surface area contributed by atoms with Crippen LogP contribution in [0.4, 0.5) is 26.3 Å². The summed E-state index contributed by atoms with van der Waals surface area (Å²) in [6, 6.07) is 0. The van der Waals surface area contributed by atoms with Crippen LogP contribution < -0.4 is 0 Å². The quantitative estimate of drug-likeness (QED) is 0.536. The summed E-state index contributed by atoms with van der Waals surface area (Å²) in [5.74, 6) is -4.64. The van der Waals surface area contributed by atoms with E-state index < -0.39 is 43.4 Å². The van der Waals surface area contributed by atoms with Crippen molar-refractivity contribution in [1.29, 1.82) is 0 Å². The second-order valence-corrected chi connectivity index (χ2v) is 3.56. The molecule has 1 rings (SSSR count). The predicted octanol–water partition coefficient (Wildman–Crippen LogP) is 1.26. The van der Waals surface area contributed by atoms with Crippen molar-refractivity contribution in [3.63, 3.8) is 0 Å². The molecular weight excluding hydrogens is 272 g/mol. The number of hydrogen-bond acceptors (Lipinski definition) is 3. The lowest BCUT2D eigenvalue weighted by Crippen LogP contribution is -2.40. The van der Waals surface area contributed by atoms with E-state index in [4.69, 9.17) is 0 Å². The fraction of sp³-hybridized carbons (Fsp3) is 0.750. The number of rotatable bonds is 1. The van der Waals surface area contributed by atoms with Gasteiger partial charge < -0.3 is 9.64 Å². The second kappa shape index (κ2) is 4.65. The van der Waals surface area contributed by atoms with Gasteiger partial charge in [0.1, 0.15) is 6.10 Å². The zero-order valence-corrected chi connectivity index (χ0v) is 8.64. The molecule has 1 aliphatic heterocycles.